The van der Waals surface area contributed by atoms with Crippen LogP contribution in [-0.4, -0.2) is 19.6 Å². The first-order chi connectivity index (χ1) is 9.20. The lowest BCUT2D eigenvalue weighted by Crippen LogP contribution is -2.26. The van der Waals surface area contributed by atoms with Gasteiger partial charge in [-0.15, -0.1) is 11.3 Å². The molecule has 3 nitrogen and oxygen atoms in total. The molecule has 0 saturated carbocycles. The van der Waals surface area contributed by atoms with Gasteiger partial charge in [-0.05, 0) is 36.1 Å². The lowest BCUT2D eigenvalue weighted by molar-refractivity contribution is 0.0951. The Morgan fingerprint density at radius 2 is 2.26 bits per heavy atom. The number of amides is 1. The second kappa shape index (κ2) is 6.73. The fraction of sp³-hybridized carbons (Fsp3) is 0.214. The number of carbonyl (C=O) groups excluding carboxylic acids is 1. The van der Waals surface area contributed by atoms with Gasteiger partial charge in [0.05, 0.1) is 12.7 Å². The van der Waals surface area contributed by atoms with Gasteiger partial charge in [0.15, 0.2) is 0 Å². The molecular weight excluding hydrogens is 326 g/mol. The van der Waals surface area contributed by atoms with E-state index in [-0.39, 0.29) is 5.91 Å². The number of methoxy groups -OCH3 is 1. The molecule has 1 aromatic heterocycles. The van der Waals surface area contributed by atoms with Crippen LogP contribution in [0.5, 0.6) is 5.75 Å². The van der Waals surface area contributed by atoms with Gasteiger partial charge in [0.1, 0.15) is 5.75 Å². The molecule has 0 bridgehead atoms. The van der Waals surface area contributed by atoms with Gasteiger partial charge < -0.3 is 10.1 Å². The van der Waals surface area contributed by atoms with Crippen LogP contribution in [-0.2, 0) is 6.42 Å². The average molecular weight is 340 g/mol. The topological polar surface area (TPSA) is 38.3 Å². The summed E-state index contributed by atoms with van der Waals surface area (Å²) in [5, 5.41) is 4.94. The molecule has 19 heavy (non-hydrogen) atoms. The van der Waals surface area contributed by atoms with Crippen molar-refractivity contribution in [2.24, 2.45) is 0 Å². The number of nitrogens with one attached hydrogen (secondary N) is 1. The van der Waals surface area contributed by atoms with Crippen LogP contribution in [0.15, 0.2) is 40.2 Å². The smallest absolute Gasteiger partial charge is 0.255 e. The first-order valence-corrected chi connectivity index (χ1v) is 7.52. The highest BCUT2D eigenvalue weighted by Gasteiger charge is 2.12. The molecule has 0 saturated heterocycles. The van der Waals surface area contributed by atoms with E-state index in [0.717, 1.165) is 10.9 Å². The van der Waals surface area contributed by atoms with Crippen molar-refractivity contribution < 1.29 is 9.53 Å². The van der Waals surface area contributed by atoms with Crippen molar-refractivity contribution in [1.29, 1.82) is 0 Å². The third kappa shape index (κ3) is 3.81. The monoisotopic (exact) mass is 339 g/mol. The molecule has 1 N–H and O–H groups in total. The SMILES string of the molecule is COc1ccc(Br)cc1C(=O)NCCc1cccs1. The largest absolute Gasteiger partial charge is 0.496 e. The van der Waals surface area contributed by atoms with Crippen LogP contribution in [0.4, 0.5) is 0 Å². The molecule has 0 atom stereocenters. The standard InChI is InChI=1S/C14H14BrNO2S/c1-18-13-5-4-10(15)9-12(13)14(17)16-7-6-11-3-2-8-19-11/h2-5,8-9H,6-7H2,1H3,(H,16,17). The summed E-state index contributed by atoms with van der Waals surface area (Å²) in [6, 6.07) is 9.47. The van der Waals surface area contributed by atoms with Crippen molar-refractivity contribution in [3.8, 4) is 5.75 Å². The Morgan fingerprint density at radius 1 is 1.42 bits per heavy atom. The normalized spacial score (nSPS) is 10.2. The molecule has 0 aliphatic heterocycles. The molecule has 2 aromatic rings. The average Bonchev–Trinajstić information content (AvgIpc) is 2.91. The van der Waals surface area contributed by atoms with E-state index >= 15 is 0 Å². The molecule has 0 aliphatic carbocycles. The van der Waals surface area contributed by atoms with Crippen molar-refractivity contribution in [2.75, 3.05) is 13.7 Å². The summed E-state index contributed by atoms with van der Waals surface area (Å²) in [6.07, 6.45) is 0.847. The summed E-state index contributed by atoms with van der Waals surface area (Å²) < 4.78 is 6.05. The van der Waals surface area contributed by atoms with Crippen LogP contribution in [0, 0.1) is 0 Å². The van der Waals surface area contributed by atoms with Crippen LogP contribution in [0.3, 0.4) is 0 Å². The van der Waals surface area contributed by atoms with E-state index in [1.165, 1.54) is 4.88 Å². The Hall–Kier alpha value is -1.33. The summed E-state index contributed by atoms with van der Waals surface area (Å²) in [6.45, 7) is 0.620. The molecule has 0 spiro atoms. The summed E-state index contributed by atoms with van der Waals surface area (Å²) in [5.74, 6) is 0.464. The van der Waals surface area contributed by atoms with Crippen LogP contribution in [0.25, 0.3) is 0 Å². The Morgan fingerprint density at radius 3 is 2.95 bits per heavy atom. The van der Waals surface area contributed by atoms with Gasteiger partial charge in [-0.3, -0.25) is 4.79 Å². The van der Waals surface area contributed by atoms with Crippen molar-refractivity contribution in [3.05, 3.63) is 50.6 Å². The van der Waals surface area contributed by atoms with Gasteiger partial charge in [-0.1, -0.05) is 22.0 Å². The number of hydrogen-bond acceptors (Lipinski definition) is 3. The molecule has 0 fully saturated rings. The second-order valence-electron chi connectivity index (χ2n) is 3.93. The first-order valence-electron chi connectivity index (χ1n) is 5.85. The fourth-order valence-corrected chi connectivity index (χ4v) is 2.78. The van der Waals surface area contributed by atoms with Crippen molar-refractivity contribution in [1.82, 2.24) is 5.32 Å². The Balaban J connectivity index is 1.97. The van der Waals surface area contributed by atoms with Crippen molar-refractivity contribution in [2.45, 2.75) is 6.42 Å². The number of halogens is 1. The van der Waals surface area contributed by atoms with E-state index in [1.807, 2.05) is 17.5 Å². The molecule has 1 heterocycles. The molecule has 5 heteroatoms. The predicted molar refractivity (Wildman–Crippen MR) is 81.1 cm³/mol. The van der Waals surface area contributed by atoms with Crippen molar-refractivity contribution in [3.63, 3.8) is 0 Å². The van der Waals surface area contributed by atoms with E-state index in [1.54, 1.807) is 30.6 Å². The molecule has 100 valence electrons. The Bertz CT molecular complexity index is 555. The van der Waals surface area contributed by atoms with E-state index in [0.29, 0.717) is 17.9 Å². The predicted octanol–water partition coefficient (Wildman–Crippen LogP) is 3.49. The zero-order valence-corrected chi connectivity index (χ0v) is 12.9. The minimum absolute atomic E-state index is 0.116. The maximum Gasteiger partial charge on any atom is 0.255 e. The van der Waals surface area contributed by atoms with Gasteiger partial charge in [0.2, 0.25) is 0 Å². The molecule has 1 aromatic carbocycles. The molecule has 1 amide bonds. The number of rotatable bonds is 5. The minimum atomic E-state index is -0.116. The van der Waals surface area contributed by atoms with Crippen LogP contribution in [0.1, 0.15) is 15.2 Å². The van der Waals surface area contributed by atoms with Crippen LogP contribution >= 0.6 is 27.3 Å². The summed E-state index contributed by atoms with van der Waals surface area (Å²) in [5.41, 5.74) is 0.544. The molecule has 2 rings (SSSR count). The number of hydrogen-bond donors (Lipinski definition) is 1. The number of carbonyl (C=O) groups is 1. The summed E-state index contributed by atoms with van der Waals surface area (Å²) >= 11 is 5.06. The maximum absolute atomic E-state index is 12.1. The second-order valence-corrected chi connectivity index (χ2v) is 5.88. The van der Waals surface area contributed by atoms with Gasteiger partial charge in [0, 0.05) is 15.9 Å². The molecule has 0 aliphatic rings. The first kappa shape index (κ1) is 14.1. The van der Waals surface area contributed by atoms with Crippen LogP contribution in [0.2, 0.25) is 0 Å². The zero-order chi connectivity index (χ0) is 13.7. The third-order valence-corrected chi connectivity index (χ3v) is 4.07. The van der Waals surface area contributed by atoms with Crippen molar-refractivity contribution >= 4 is 33.2 Å². The molecule has 0 radical (unpaired) electrons. The minimum Gasteiger partial charge on any atom is -0.496 e. The molecule has 0 unspecified atom stereocenters. The third-order valence-electron chi connectivity index (χ3n) is 2.64. The van der Waals surface area contributed by atoms with Gasteiger partial charge in [-0.25, -0.2) is 0 Å². The summed E-state index contributed by atoms with van der Waals surface area (Å²) in [7, 11) is 1.56. The van der Waals surface area contributed by atoms with Gasteiger partial charge in [0.25, 0.3) is 5.91 Å². The lowest BCUT2D eigenvalue weighted by Gasteiger charge is -2.09. The lowest BCUT2D eigenvalue weighted by atomic mass is 10.2. The molecular formula is C14H14BrNO2S. The van der Waals surface area contributed by atoms with E-state index in [2.05, 4.69) is 27.3 Å². The zero-order valence-electron chi connectivity index (χ0n) is 10.5. The highest BCUT2D eigenvalue weighted by atomic mass is 79.9. The van der Waals surface area contributed by atoms with Crippen LogP contribution < -0.4 is 10.1 Å². The Kier molecular flexibility index (Phi) is 4.99. The fourth-order valence-electron chi connectivity index (χ4n) is 1.71. The highest BCUT2D eigenvalue weighted by molar-refractivity contribution is 9.10. The number of thiophene rings is 1. The number of benzene rings is 1. The van der Waals surface area contributed by atoms with Gasteiger partial charge in [-0.2, -0.15) is 0 Å². The quantitative estimate of drug-likeness (QED) is 0.905. The highest BCUT2D eigenvalue weighted by Crippen LogP contribution is 2.22. The van der Waals surface area contributed by atoms with Gasteiger partial charge >= 0.3 is 0 Å². The van der Waals surface area contributed by atoms with E-state index in [9.17, 15) is 4.79 Å². The Labute approximate surface area is 124 Å². The van der Waals surface area contributed by atoms with E-state index in [4.69, 9.17) is 4.74 Å². The van der Waals surface area contributed by atoms with E-state index < -0.39 is 0 Å². The maximum atomic E-state index is 12.1. The number of ether oxygens (including phenoxy) is 1. The summed E-state index contributed by atoms with van der Waals surface area (Å²) in [4.78, 5) is 13.4.